The number of phenolic OH excluding ortho intramolecular Hbond substituents is 1. The summed E-state index contributed by atoms with van der Waals surface area (Å²) >= 11 is 0. The number of hydrogen-bond acceptors (Lipinski definition) is 6. The number of fused-ring (bicyclic) bond motifs is 1. The number of allylic oxidation sites excluding steroid dienone is 1. The topological polar surface area (TPSA) is 105 Å². The van der Waals surface area contributed by atoms with Crippen molar-refractivity contribution in [2.24, 2.45) is 0 Å². The van der Waals surface area contributed by atoms with E-state index < -0.39 is 6.04 Å². The maximum absolute atomic E-state index is 13.4. The summed E-state index contributed by atoms with van der Waals surface area (Å²) in [7, 11) is 0. The molecule has 1 amide bonds. The lowest BCUT2D eigenvalue weighted by atomic mass is 9.95. The van der Waals surface area contributed by atoms with Gasteiger partial charge in [-0.15, -0.1) is 5.10 Å². The van der Waals surface area contributed by atoms with Crippen molar-refractivity contribution in [1.29, 1.82) is 0 Å². The average molecular weight is 424 g/mol. The first-order valence-corrected chi connectivity index (χ1v) is 10.1. The predicted octanol–water partition coefficient (Wildman–Crippen LogP) is 3.97. The lowest BCUT2D eigenvalue weighted by molar-refractivity contribution is -0.113. The van der Waals surface area contributed by atoms with E-state index in [4.69, 9.17) is 5.10 Å². The van der Waals surface area contributed by atoms with Gasteiger partial charge in [0.05, 0.1) is 17.5 Å². The summed E-state index contributed by atoms with van der Waals surface area (Å²) in [6.07, 6.45) is 3.26. The van der Waals surface area contributed by atoms with Crippen LogP contribution in [-0.4, -0.2) is 30.8 Å². The highest BCUT2D eigenvalue weighted by molar-refractivity contribution is 6.05. The van der Waals surface area contributed by atoms with E-state index in [9.17, 15) is 9.90 Å². The van der Waals surface area contributed by atoms with Gasteiger partial charge in [-0.3, -0.25) is 9.78 Å². The van der Waals surface area contributed by atoms with E-state index in [1.165, 1.54) is 0 Å². The number of carbonyl (C=O) groups is 1. The van der Waals surface area contributed by atoms with E-state index in [1.54, 1.807) is 53.5 Å². The molecule has 0 fully saturated rings. The van der Waals surface area contributed by atoms with Crippen LogP contribution in [0.3, 0.4) is 0 Å². The number of benzene rings is 2. The number of amides is 1. The molecule has 0 bridgehead atoms. The Bertz CT molecular complexity index is 1300. The highest BCUT2D eigenvalue weighted by atomic mass is 16.3. The minimum atomic E-state index is -0.470. The normalized spacial score (nSPS) is 15.1. The fourth-order valence-electron chi connectivity index (χ4n) is 3.76. The van der Waals surface area contributed by atoms with Gasteiger partial charge in [0, 0.05) is 17.5 Å². The van der Waals surface area contributed by atoms with Crippen LogP contribution in [0.15, 0.2) is 90.4 Å². The van der Waals surface area contributed by atoms with E-state index in [0.717, 1.165) is 11.1 Å². The van der Waals surface area contributed by atoms with Crippen molar-refractivity contribution in [3.63, 3.8) is 0 Å². The molecule has 2 aromatic carbocycles. The van der Waals surface area contributed by atoms with E-state index >= 15 is 0 Å². The van der Waals surface area contributed by atoms with Gasteiger partial charge in [-0.25, -0.2) is 4.68 Å². The molecule has 8 nitrogen and oxygen atoms in total. The quantitative estimate of drug-likeness (QED) is 0.458. The van der Waals surface area contributed by atoms with Crippen LogP contribution in [0.1, 0.15) is 18.5 Å². The Balaban J connectivity index is 1.59. The SMILES string of the molecule is CC1=C(C(=O)Nc2cccnc2)[C@H](c2ccccc2)n2nc(-c3ccc(O)cc3)nc2N1. The number of hydrogen-bond donors (Lipinski definition) is 3. The fourth-order valence-corrected chi connectivity index (χ4v) is 3.76. The van der Waals surface area contributed by atoms with Crippen LogP contribution in [0.2, 0.25) is 0 Å². The molecule has 5 rings (SSSR count). The Morgan fingerprint density at radius 2 is 1.84 bits per heavy atom. The molecule has 0 unspecified atom stereocenters. The molecule has 32 heavy (non-hydrogen) atoms. The maximum atomic E-state index is 13.4. The number of aromatic nitrogens is 4. The van der Waals surface area contributed by atoms with E-state index in [0.29, 0.717) is 28.7 Å². The third-order valence-electron chi connectivity index (χ3n) is 5.26. The van der Waals surface area contributed by atoms with Crippen LogP contribution in [-0.2, 0) is 4.79 Å². The van der Waals surface area contributed by atoms with Gasteiger partial charge in [-0.1, -0.05) is 30.3 Å². The number of rotatable bonds is 4. The van der Waals surface area contributed by atoms with Crippen molar-refractivity contribution in [2.45, 2.75) is 13.0 Å². The van der Waals surface area contributed by atoms with Crippen LogP contribution < -0.4 is 10.6 Å². The summed E-state index contributed by atoms with van der Waals surface area (Å²) in [6.45, 7) is 1.85. The van der Waals surface area contributed by atoms with Gasteiger partial charge in [0.1, 0.15) is 11.8 Å². The first-order chi connectivity index (χ1) is 15.6. The van der Waals surface area contributed by atoms with Crippen LogP contribution in [0, 0.1) is 0 Å². The zero-order chi connectivity index (χ0) is 22.1. The van der Waals surface area contributed by atoms with Crippen molar-refractivity contribution >= 4 is 17.5 Å². The number of nitrogens with one attached hydrogen (secondary N) is 2. The number of carbonyl (C=O) groups excluding carboxylic acids is 1. The first-order valence-electron chi connectivity index (χ1n) is 10.1. The summed E-state index contributed by atoms with van der Waals surface area (Å²) in [4.78, 5) is 22.1. The number of pyridine rings is 1. The number of nitrogens with zero attached hydrogens (tertiary/aromatic N) is 4. The Morgan fingerprint density at radius 3 is 2.56 bits per heavy atom. The Kier molecular flexibility index (Phi) is 4.87. The summed E-state index contributed by atoms with van der Waals surface area (Å²) in [6, 6.07) is 19.5. The molecular formula is C24H20N6O2. The molecular weight excluding hydrogens is 404 g/mol. The van der Waals surface area contributed by atoms with E-state index in [2.05, 4.69) is 20.6 Å². The largest absolute Gasteiger partial charge is 0.508 e. The lowest BCUT2D eigenvalue weighted by Crippen LogP contribution is -2.31. The summed E-state index contributed by atoms with van der Waals surface area (Å²) in [5.41, 5.74) is 3.51. The van der Waals surface area contributed by atoms with Gasteiger partial charge in [0.15, 0.2) is 5.82 Å². The molecule has 1 atom stereocenters. The van der Waals surface area contributed by atoms with Gasteiger partial charge < -0.3 is 15.7 Å². The van der Waals surface area contributed by atoms with Gasteiger partial charge in [0.2, 0.25) is 5.95 Å². The zero-order valence-electron chi connectivity index (χ0n) is 17.2. The van der Waals surface area contributed by atoms with Crippen LogP contribution in [0.5, 0.6) is 5.75 Å². The van der Waals surface area contributed by atoms with Gasteiger partial charge in [0.25, 0.3) is 5.91 Å². The van der Waals surface area contributed by atoms with E-state index in [1.807, 2.05) is 37.3 Å². The first kappa shape index (κ1) is 19.5. The summed E-state index contributed by atoms with van der Waals surface area (Å²) < 4.78 is 1.72. The minimum Gasteiger partial charge on any atom is -0.508 e. The standard InChI is InChI=1S/C24H20N6O2/c1-15-20(23(32)27-18-8-5-13-25-14-18)21(16-6-3-2-4-7-16)30-24(26-15)28-22(29-30)17-9-11-19(31)12-10-17/h2-14,21,31H,1H3,(H,27,32)(H,26,28,29)/t21-/m0/s1. The molecule has 158 valence electrons. The van der Waals surface area contributed by atoms with E-state index in [-0.39, 0.29) is 11.7 Å². The third-order valence-corrected chi connectivity index (χ3v) is 5.26. The molecule has 0 radical (unpaired) electrons. The minimum absolute atomic E-state index is 0.171. The second-order valence-corrected chi connectivity index (χ2v) is 7.42. The summed E-state index contributed by atoms with van der Waals surface area (Å²) in [5.74, 6) is 0.960. The van der Waals surface area contributed by atoms with Gasteiger partial charge in [-0.05, 0) is 48.9 Å². The highest BCUT2D eigenvalue weighted by Gasteiger charge is 2.34. The van der Waals surface area contributed by atoms with Crippen LogP contribution >= 0.6 is 0 Å². The average Bonchev–Trinajstić information content (AvgIpc) is 3.23. The fraction of sp³-hybridized carbons (Fsp3) is 0.0833. The Hall–Kier alpha value is -4.46. The van der Waals surface area contributed by atoms with Crippen LogP contribution in [0.25, 0.3) is 11.4 Å². The molecule has 0 saturated carbocycles. The van der Waals surface area contributed by atoms with Crippen molar-refractivity contribution in [2.75, 3.05) is 10.6 Å². The molecule has 0 aliphatic carbocycles. The summed E-state index contributed by atoms with van der Waals surface area (Å²) in [5, 5.41) is 20.5. The molecule has 0 saturated heterocycles. The zero-order valence-corrected chi connectivity index (χ0v) is 17.2. The molecule has 8 heteroatoms. The second kappa shape index (κ2) is 7.99. The highest BCUT2D eigenvalue weighted by Crippen LogP contribution is 2.36. The predicted molar refractivity (Wildman–Crippen MR) is 121 cm³/mol. The molecule has 1 aliphatic rings. The molecule has 3 N–H and O–H groups in total. The molecule has 1 aliphatic heterocycles. The molecule has 3 heterocycles. The molecule has 4 aromatic rings. The monoisotopic (exact) mass is 424 g/mol. The molecule has 2 aromatic heterocycles. The number of anilines is 2. The molecule has 0 spiro atoms. The number of phenols is 1. The van der Waals surface area contributed by atoms with Crippen LogP contribution in [0.4, 0.5) is 11.6 Å². The van der Waals surface area contributed by atoms with Crippen molar-refractivity contribution in [3.8, 4) is 17.1 Å². The van der Waals surface area contributed by atoms with Crippen molar-refractivity contribution < 1.29 is 9.90 Å². The smallest absolute Gasteiger partial charge is 0.255 e. The Labute approximate surface area is 184 Å². The second-order valence-electron chi connectivity index (χ2n) is 7.42. The van der Waals surface area contributed by atoms with Gasteiger partial charge >= 0.3 is 0 Å². The van der Waals surface area contributed by atoms with Crippen molar-refractivity contribution in [1.82, 2.24) is 19.7 Å². The number of aromatic hydroxyl groups is 1. The van der Waals surface area contributed by atoms with Crippen molar-refractivity contribution in [3.05, 3.63) is 96.0 Å². The van der Waals surface area contributed by atoms with Gasteiger partial charge in [-0.2, -0.15) is 4.98 Å². The maximum Gasteiger partial charge on any atom is 0.255 e. The third kappa shape index (κ3) is 3.58. The Morgan fingerprint density at radius 1 is 1.06 bits per heavy atom. The lowest BCUT2D eigenvalue weighted by Gasteiger charge is -2.28.